The Kier molecular flexibility index (Phi) is 8.17. The number of halogens is 1. The van der Waals surface area contributed by atoms with Crippen molar-refractivity contribution in [3.63, 3.8) is 0 Å². The van der Waals surface area contributed by atoms with Crippen LogP contribution in [-0.4, -0.2) is 42.9 Å². The molecule has 3 heterocycles. The highest BCUT2D eigenvalue weighted by molar-refractivity contribution is 7.16. The maximum atomic E-state index is 13.4. The zero-order valence-electron chi connectivity index (χ0n) is 21.8. The highest BCUT2D eigenvalue weighted by Gasteiger charge is 2.29. The van der Waals surface area contributed by atoms with Crippen molar-refractivity contribution in [3.8, 4) is 11.4 Å². The van der Waals surface area contributed by atoms with Crippen LogP contribution in [0.1, 0.15) is 51.2 Å². The number of Topliss-reactive ketones (excluding diaryl/α,β-unsaturated/α-hetero) is 2. The van der Waals surface area contributed by atoms with Crippen LogP contribution in [0.5, 0.6) is 0 Å². The standard InChI is InChI=1S/C28H25ClN4O6S/c1-28(2,3)27(39)33-23(30-14-17-9-12-22(29)40-17)13-19(31-33)20-11-10-18(24(35)26(37)38)25(36)32(20)15-21(34)16-7-5-4-6-8-16/h4-13,30H,14-15H2,1-3H3,(H,37,38). The molecule has 4 rings (SSSR count). The van der Waals surface area contributed by atoms with E-state index in [1.807, 2.05) is 6.07 Å². The fraction of sp³-hybridized carbons (Fsp3) is 0.214. The van der Waals surface area contributed by atoms with Gasteiger partial charge < -0.3 is 10.4 Å². The number of hydrogen-bond acceptors (Lipinski definition) is 8. The van der Waals surface area contributed by atoms with Gasteiger partial charge in [-0.15, -0.1) is 11.3 Å². The zero-order chi connectivity index (χ0) is 29.2. The summed E-state index contributed by atoms with van der Waals surface area (Å²) in [6.07, 6.45) is 0. The van der Waals surface area contributed by atoms with E-state index in [1.165, 1.54) is 22.1 Å². The quantitative estimate of drug-likeness (QED) is 0.211. The van der Waals surface area contributed by atoms with Gasteiger partial charge in [-0.25, -0.2) is 4.79 Å². The molecule has 4 aromatic rings. The molecule has 0 amide bonds. The molecule has 0 aliphatic heterocycles. The van der Waals surface area contributed by atoms with E-state index in [2.05, 4.69) is 10.4 Å². The van der Waals surface area contributed by atoms with E-state index in [-0.39, 0.29) is 17.3 Å². The summed E-state index contributed by atoms with van der Waals surface area (Å²) in [5.41, 5.74) is -1.77. The number of aliphatic carboxylic acids is 1. The highest BCUT2D eigenvalue weighted by Crippen LogP contribution is 2.28. The van der Waals surface area contributed by atoms with Gasteiger partial charge in [0.2, 0.25) is 0 Å². The first kappa shape index (κ1) is 28.7. The largest absolute Gasteiger partial charge is 0.475 e. The van der Waals surface area contributed by atoms with Crippen molar-refractivity contribution in [2.24, 2.45) is 5.41 Å². The number of pyridine rings is 1. The number of carboxylic acids is 1. The first-order chi connectivity index (χ1) is 18.9. The molecular weight excluding hydrogens is 556 g/mol. The van der Waals surface area contributed by atoms with Gasteiger partial charge in [-0.1, -0.05) is 62.7 Å². The van der Waals surface area contributed by atoms with E-state index in [0.29, 0.717) is 22.3 Å². The number of nitrogens with zero attached hydrogens (tertiary/aromatic N) is 3. The maximum absolute atomic E-state index is 13.4. The van der Waals surface area contributed by atoms with Crippen molar-refractivity contribution in [2.45, 2.75) is 33.9 Å². The average Bonchev–Trinajstić information content (AvgIpc) is 3.53. The Balaban J connectivity index is 1.84. The molecule has 0 atom stereocenters. The highest BCUT2D eigenvalue weighted by atomic mass is 35.5. The van der Waals surface area contributed by atoms with E-state index < -0.39 is 40.6 Å². The minimum Gasteiger partial charge on any atom is -0.475 e. The molecule has 12 heteroatoms. The second kappa shape index (κ2) is 11.4. The summed E-state index contributed by atoms with van der Waals surface area (Å²) in [4.78, 5) is 64.2. The molecule has 0 saturated heterocycles. The Hall–Kier alpha value is -4.35. The number of anilines is 1. The molecule has 10 nitrogen and oxygen atoms in total. The normalized spacial score (nSPS) is 11.3. The number of rotatable bonds is 9. The minimum atomic E-state index is -1.80. The molecule has 0 radical (unpaired) electrons. The van der Waals surface area contributed by atoms with E-state index >= 15 is 0 Å². The Bertz CT molecular complexity index is 1680. The topological polar surface area (TPSA) is 140 Å². The molecule has 0 fully saturated rings. The summed E-state index contributed by atoms with van der Waals surface area (Å²) in [5, 5.41) is 16.8. The number of aromatic nitrogens is 3. The Morgan fingerprint density at radius 3 is 2.33 bits per heavy atom. The number of carbonyl (C=O) groups excluding carboxylic acids is 3. The Morgan fingerprint density at radius 2 is 1.73 bits per heavy atom. The van der Waals surface area contributed by atoms with Crippen molar-refractivity contribution in [1.29, 1.82) is 0 Å². The molecule has 0 bridgehead atoms. The van der Waals surface area contributed by atoms with E-state index in [0.717, 1.165) is 15.5 Å². The SMILES string of the molecule is CC(C)(C)C(=O)n1nc(-c2ccc(C(=O)C(=O)O)c(=O)n2CC(=O)c2ccccc2)cc1NCc1ccc(Cl)s1. The smallest absolute Gasteiger partial charge is 0.377 e. The van der Waals surface area contributed by atoms with Crippen LogP contribution in [0.15, 0.2) is 65.5 Å². The molecule has 3 aromatic heterocycles. The third kappa shape index (κ3) is 6.11. The fourth-order valence-corrected chi connectivity index (χ4v) is 4.86. The lowest BCUT2D eigenvalue weighted by molar-refractivity contribution is -0.131. The van der Waals surface area contributed by atoms with Crippen molar-refractivity contribution in [2.75, 3.05) is 5.32 Å². The van der Waals surface area contributed by atoms with Gasteiger partial charge >= 0.3 is 5.97 Å². The lowest BCUT2D eigenvalue weighted by atomic mass is 9.96. The number of thiophene rings is 1. The summed E-state index contributed by atoms with van der Waals surface area (Å²) in [5.74, 6) is -3.65. The van der Waals surface area contributed by atoms with E-state index in [9.17, 15) is 29.1 Å². The number of ketones is 2. The summed E-state index contributed by atoms with van der Waals surface area (Å²) in [6.45, 7) is 5.06. The summed E-state index contributed by atoms with van der Waals surface area (Å²) in [7, 11) is 0. The molecule has 1 aromatic carbocycles. The van der Waals surface area contributed by atoms with Gasteiger partial charge in [0.25, 0.3) is 17.2 Å². The molecule has 2 N–H and O–H groups in total. The van der Waals surface area contributed by atoms with Gasteiger partial charge in [0, 0.05) is 21.9 Å². The molecule has 0 spiro atoms. The predicted octanol–water partition coefficient (Wildman–Crippen LogP) is 4.88. The lowest BCUT2D eigenvalue weighted by Gasteiger charge is -2.18. The van der Waals surface area contributed by atoms with Crippen LogP contribution >= 0.6 is 22.9 Å². The first-order valence-electron chi connectivity index (χ1n) is 12.1. The van der Waals surface area contributed by atoms with E-state index in [1.54, 1.807) is 63.2 Å². The van der Waals surface area contributed by atoms with Crippen molar-refractivity contribution in [3.05, 3.63) is 91.4 Å². The predicted molar refractivity (Wildman–Crippen MR) is 151 cm³/mol. The summed E-state index contributed by atoms with van der Waals surface area (Å²) < 4.78 is 2.80. The third-order valence-corrected chi connectivity index (χ3v) is 7.12. The number of carbonyl (C=O) groups is 4. The van der Waals surface area contributed by atoms with Crippen LogP contribution in [0.4, 0.5) is 5.82 Å². The minimum absolute atomic E-state index is 0.124. The molecule has 0 unspecified atom stereocenters. The second-order valence-corrected chi connectivity index (χ2v) is 11.7. The summed E-state index contributed by atoms with van der Waals surface area (Å²) >= 11 is 7.41. The van der Waals surface area contributed by atoms with Crippen molar-refractivity contribution >= 4 is 52.2 Å². The van der Waals surface area contributed by atoms with Crippen LogP contribution < -0.4 is 10.9 Å². The molecule has 40 heavy (non-hydrogen) atoms. The molecular formula is C28H25ClN4O6S. The van der Waals surface area contributed by atoms with Crippen LogP contribution in [0.3, 0.4) is 0 Å². The lowest BCUT2D eigenvalue weighted by Crippen LogP contribution is -2.32. The van der Waals surface area contributed by atoms with Gasteiger partial charge in [0.1, 0.15) is 11.5 Å². The van der Waals surface area contributed by atoms with Gasteiger partial charge in [0.15, 0.2) is 5.78 Å². The average molecular weight is 581 g/mol. The van der Waals surface area contributed by atoms with Gasteiger partial charge in [-0.2, -0.15) is 9.78 Å². The maximum Gasteiger partial charge on any atom is 0.377 e. The van der Waals surface area contributed by atoms with Gasteiger partial charge in [-0.05, 0) is 24.3 Å². The van der Waals surface area contributed by atoms with Crippen LogP contribution in [0, 0.1) is 5.41 Å². The molecule has 0 aliphatic carbocycles. The van der Waals surface area contributed by atoms with Crippen molar-refractivity contribution in [1.82, 2.24) is 14.3 Å². The van der Waals surface area contributed by atoms with Gasteiger partial charge in [0.05, 0.1) is 28.7 Å². The number of carboxylic acid groups (broad SMARTS) is 1. The van der Waals surface area contributed by atoms with Gasteiger partial charge in [-0.3, -0.25) is 23.7 Å². The van der Waals surface area contributed by atoms with Crippen LogP contribution in [0.2, 0.25) is 4.34 Å². The van der Waals surface area contributed by atoms with E-state index in [4.69, 9.17) is 11.6 Å². The number of nitrogens with one attached hydrogen (secondary N) is 1. The molecule has 0 aliphatic rings. The summed E-state index contributed by atoms with van der Waals surface area (Å²) in [6, 6.07) is 15.8. The second-order valence-electron chi connectivity index (χ2n) is 9.89. The monoisotopic (exact) mass is 580 g/mol. The van der Waals surface area contributed by atoms with Crippen molar-refractivity contribution < 1.29 is 24.3 Å². The number of hydrogen-bond donors (Lipinski definition) is 2. The molecule has 206 valence electrons. The fourth-order valence-electron chi connectivity index (χ4n) is 3.84. The number of benzene rings is 1. The molecule has 0 saturated carbocycles. The Labute approximate surface area is 237 Å². The van der Waals surface area contributed by atoms with Crippen LogP contribution in [-0.2, 0) is 17.9 Å². The van der Waals surface area contributed by atoms with Crippen LogP contribution in [0.25, 0.3) is 11.4 Å². The third-order valence-electron chi connectivity index (χ3n) is 5.89. The first-order valence-corrected chi connectivity index (χ1v) is 13.3. The zero-order valence-corrected chi connectivity index (χ0v) is 23.4. The Morgan fingerprint density at radius 1 is 1.02 bits per heavy atom.